The number of aromatic nitrogens is 3. The minimum absolute atomic E-state index is 0.316. The molecule has 2 rings (SSSR count). The van der Waals surface area contributed by atoms with E-state index in [-0.39, 0.29) is 0 Å². The normalized spacial score (nSPS) is 10.9. The number of nitrogens with zero attached hydrogens (tertiary/aromatic N) is 4. The molecule has 2 N–H and O–H groups in total. The molecule has 2 heterocycles. The number of nitrogens with two attached hydrogens (primary N) is 1. The van der Waals surface area contributed by atoms with E-state index >= 15 is 0 Å². The Morgan fingerprint density at radius 3 is 2.69 bits per heavy atom. The minimum Gasteiger partial charge on any atom is -0.371 e. The van der Waals surface area contributed by atoms with Crippen LogP contribution in [0.1, 0.15) is 19.4 Å². The third-order valence-corrected chi connectivity index (χ3v) is 2.77. The van der Waals surface area contributed by atoms with Gasteiger partial charge in [-0.15, -0.1) is 5.10 Å². The molecule has 0 aliphatic carbocycles. The average Bonchev–Trinajstić information content (AvgIpc) is 2.59. The molecule has 86 valence electrons. The molecule has 0 aliphatic heterocycles. The van der Waals surface area contributed by atoms with E-state index < -0.39 is 0 Å². The largest absolute Gasteiger partial charge is 0.371 e. The van der Waals surface area contributed by atoms with Crippen LogP contribution in [-0.2, 0) is 0 Å². The molecular weight excluding hydrogens is 202 g/mol. The molecule has 0 saturated heterocycles. The maximum Gasteiger partial charge on any atom is 0.240 e. The topological polar surface area (TPSA) is 59.5 Å². The second kappa shape index (κ2) is 4.00. The summed E-state index contributed by atoms with van der Waals surface area (Å²) in [5, 5.41) is 4.12. The lowest BCUT2D eigenvalue weighted by Crippen LogP contribution is -2.23. The lowest BCUT2D eigenvalue weighted by atomic mass is 10.2. The first-order chi connectivity index (χ1) is 7.65. The van der Waals surface area contributed by atoms with Gasteiger partial charge in [0.25, 0.3) is 0 Å². The minimum atomic E-state index is 0.316. The molecule has 0 fully saturated rings. The highest BCUT2D eigenvalue weighted by atomic mass is 15.3. The molecule has 5 heteroatoms. The molecule has 0 unspecified atom stereocenters. The lowest BCUT2D eigenvalue weighted by molar-refractivity contribution is 0.846. The summed E-state index contributed by atoms with van der Waals surface area (Å²) in [6.45, 7) is 8.32. The summed E-state index contributed by atoms with van der Waals surface area (Å²) in [5.74, 6) is 0.316. The monoisotopic (exact) mass is 219 g/mol. The van der Waals surface area contributed by atoms with E-state index in [1.807, 2.05) is 12.3 Å². The maximum absolute atomic E-state index is 5.58. The Bertz CT molecular complexity index is 498. The van der Waals surface area contributed by atoms with Gasteiger partial charge in [-0.2, -0.15) is 4.98 Å². The Kier molecular flexibility index (Phi) is 2.68. The van der Waals surface area contributed by atoms with Crippen LogP contribution in [0, 0.1) is 6.92 Å². The van der Waals surface area contributed by atoms with Gasteiger partial charge in [0, 0.05) is 13.1 Å². The zero-order valence-electron chi connectivity index (χ0n) is 9.94. The van der Waals surface area contributed by atoms with Gasteiger partial charge in [-0.3, -0.25) is 0 Å². The van der Waals surface area contributed by atoms with E-state index in [1.165, 1.54) is 11.3 Å². The Balaban J connectivity index is 2.56. The van der Waals surface area contributed by atoms with E-state index in [2.05, 4.69) is 35.8 Å². The molecule has 0 saturated carbocycles. The van der Waals surface area contributed by atoms with Gasteiger partial charge in [-0.05, 0) is 32.4 Å². The van der Waals surface area contributed by atoms with Crippen molar-refractivity contribution in [2.45, 2.75) is 20.8 Å². The molecule has 16 heavy (non-hydrogen) atoms. The van der Waals surface area contributed by atoms with Crippen LogP contribution in [0.3, 0.4) is 0 Å². The van der Waals surface area contributed by atoms with E-state index in [0.29, 0.717) is 5.95 Å². The first-order valence-corrected chi connectivity index (χ1v) is 5.53. The number of hydrogen-bond donors (Lipinski definition) is 1. The Hall–Kier alpha value is -1.78. The van der Waals surface area contributed by atoms with Crippen molar-refractivity contribution in [2.75, 3.05) is 23.7 Å². The molecule has 5 nitrogen and oxygen atoms in total. The summed E-state index contributed by atoms with van der Waals surface area (Å²) in [4.78, 5) is 6.42. The Morgan fingerprint density at radius 1 is 1.38 bits per heavy atom. The van der Waals surface area contributed by atoms with Gasteiger partial charge in [0.2, 0.25) is 5.95 Å². The zero-order valence-corrected chi connectivity index (χ0v) is 9.94. The molecule has 2 aromatic heterocycles. The smallest absolute Gasteiger partial charge is 0.240 e. The van der Waals surface area contributed by atoms with E-state index in [0.717, 1.165) is 18.7 Å². The van der Waals surface area contributed by atoms with Crippen molar-refractivity contribution in [2.24, 2.45) is 0 Å². The third-order valence-electron chi connectivity index (χ3n) is 2.77. The highest BCUT2D eigenvalue weighted by Crippen LogP contribution is 2.20. The fourth-order valence-electron chi connectivity index (χ4n) is 1.93. The standard InChI is InChI=1S/C11H17N5/c1-4-15(5-2)9-7-16-10(6-8(9)3)13-11(12)14-16/h6-7H,4-5H2,1-3H3,(H2,12,14). The molecule has 0 amide bonds. The summed E-state index contributed by atoms with van der Waals surface area (Å²) in [6, 6.07) is 2.01. The van der Waals surface area contributed by atoms with Crippen LogP contribution in [-0.4, -0.2) is 27.7 Å². The highest BCUT2D eigenvalue weighted by Gasteiger charge is 2.09. The van der Waals surface area contributed by atoms with Gasteiger partial charge >= 0.3 is 0 Å². The predicted molar refractivity (Wildman–Crippen MR) is 65.7 cm³/mol. The first-order valence-electron chi connectivity index (χ1n) is 5.53. The van der Waals surface area contributed by atoms with Crippen molar-refractivity contribution in [1.82, 2.24) is 14.6 Å². The summed E-state index contributed by atoms with van der Waals surface area (Å²) >= 11 is 0. The zero-order chi connectivity index (χ0) is 11.7. The van der Waals surface area contributed by atoms with Crippen molar-refractivity contribution < 1.29 is 0 Å². The van der Waals surface area contributed by atoms with Crippen LogP contribution in [0.5, 0.6) is 0 Å². The highest BCUT2D eigenvalue weighted by molar-refractivity contribution is 5.58. The summed E-state index contributed by atoms with van der Waals surface area (Å²) in [5.41, 5.74) is 8.75. The third kappa shape index (κ3) is 1.68. The number of nitrogen functional groups attached to an aromatic ring is 1. The number of rotatable bonds is 3. The van der Waals surface area contributed by atoms with E-state index in [4.69, 9.17) is 5.73 Å². The maximum atomic E-state index is 5.58. The Labute approximate surface area is 94.9 Å². The molecule has 0 spiro atoms. The molecule has 2 aromatic rings. The number of aryl methyl sites for hydroxylation is 1. The van der Waals surface area contributed by atoms with Crippen LogP contribution in [0.25, 0.3) is 5.65 Å². The lowest BCUT2D eigenvalue weighted by Gasteiger charge is -2.22. The van der Waals surface area contributed by atoms with Gasteiger partial charge in [0.05, 0.1) is 11.9 Å². The van der Waals surface area contributed by atoms with Gasteiger partial charge in [0.15, 0.2) is 5.65 Å². The number of hydrogen-bond acceptors (Lipinski definition) is 4. The average molecular weight is 219 g/mol. The molecule has 0 atom stereocenters. The van der Waals surface area contributed by atoms with Gasteiger partial charge in [-0.25, -0.2) is 4.52 Å². The Morgan fingerprint density at radius 2 is 2.06 bits per heavy atom. The van der Waals surface area contributed by atoms with E-state index in [9.17, 15) is 0 Å². The first kappa shape index (κ1) is 10.7. The van der Waals surface area contributed by atoms with Crippen LogP contribution < -0.4 is 10.6 Å². The van der Waals surface area contributed by atoms with Crippen LogP contribution in [0.4, 0.5) is 11.6 Å². The summed E-state index contributed by atoms with van der Waals surface area (Å²) < 4.78 is 1.73. The SMILES string of the molecule is CCN(CC)c1cn2nc(N)nc2cc1C. The van der Waals surface area contributed by atoms with Crippen LogP contribution in [0.15, 0.2) is 12.3 Å². The summed E-state index contributed by atoms with van der Waals surface area (Å²) in [6.07, 6.45) is 1.99. The number of anilines is 2. The second-order valence-corrected chi connectivity index (χ2v) is 3.79. The predicted octanol–water partition coefficient (Wildman–Crippen LogP) is 1.47. The van der Waals surface area contributed by atoms with Gasteiger partial charge < -0.3 is 10.6 Å². The van der Waals surface area contributed by atoms with Gasteiger partial charge in [-0.1, -0.05) is 0 Å². The summed E-state index contributed by atoms with van der Waals surface area (Å²) in [7, 11) is 0. The molecule has 0 aromatic carbocycles. The molecular formula is C11H17N5. The molecule has 0 radical (unpaired) electrons. The van der Waals surface area contributed by atoms with E-state index in [1.54, 1.807) is 4.52 Å². The molecule has 0 bridgehead atoms. The van der Waals surface area contributed by atoms with Crippen molar-refractivity contribution in [3.8, 4) is 0 Å². The second-order valence-electron chi connectivity index (χ2n) is 3.79. The fourth-order valence-corrected chi connectivity index (χ4v) is 1.93. The van der Waals surface area contributed by atoms with Crippen molar-refractivity contribution >= 4 is 17.3 Å². The quantitative estimate of drug-likeness (QED) is 0.849. The fraction of sp³-hybridized carbons (Fsp3) is 0.455. The molecule has 0 aliphatic rings. The van der Waals surface area contributed by atoms with Crippen molar-refractivity contribution in [3.05, 3.63) is 17.8 Å². The van der Waals surface area contributed by atoms with Crippen molar-refractivity contribution in [3.63, 3.8) is 0 Å². The van der Waals surface area contributed by atoms with Crippen LogP contribution >= 0.6 is 0 Å². The number of fused-ring (bicyclic) bond motifs is 1. The number of pyridine rings is 1. The van der Waals surface area contributed by atoms with Crippen molar-refractivity contribution in [1.29, 1.82) is 0 Å². The van der Waals surface area contributed by atoms with Gasteiger partial charge in [0.1, 0.15) is 0 Å². The van der Waals surface area contributed by atoms with Crippen LogP contribution in [0.2, 0.25) is 0 Å².